The number of methoxy groups -OCH3 is 1. The highest BCUT2D eigenvalue weighted by Gasteiger charge is 2.39. The fourth-order valence-electron chi connectivity index (χ4n) is 3.01. The van der Waals surface area contributed by atoms with Crippen LogP contribution in [0.2, 0.25) is 0 Å². The first-order valence-corrected chi connectivity index (χ1v) is 8.68. The van der Waals surface area contributed by atoms with Crippen LogP contribution in [0, 0.1) is 5.82 Å². The molecule has 2 aromatic rings. The van der Waals surface area contributed by atoms with Crippen molar-refractivity contribution in [2.75, 3.05) is 20.2 Å². The fourth-order valence-corrected chi connectivity index (χ4v) is 3.01. The van der Waals surface area contributed by atoms with Gasteiger partial charge in [0.05, 0.1) is 0 Å². The van der Waals surface area contributed by atoms with Crippen LogP contribution in [0.3, 0.4) is 0 Å². The Bertz CT molecular complexity index is 732. The van der Waals surface area contributed by atoms with Crippen LogP contribution in [-0.4, -0.2) is 31.7 Å². The van der Waals surface area contributed by atoms with Gasteiger partial charge in [-0.1, -0.05) is 12.1 Å². The van der Waals surface area contributed by atoms with E-state index >= 15 is 0 Å². The largest absolute Gasteiger partial charge is 0.457 e. The summed E-state index contributed by atoms with van der Waals surface area (Å²) in [4.78, 5) is 12.5. The van der Waals surface area contributed by atoms with Gasteiger partial charge in [-0.15, -0.1) is 12.4 Å². The van der Waals surface area contributed by atoms with E-state index in [9.17, 15) is 9.18 Å². The van der Waals surface area contributed by atoms with Crippen molar-refractivity contribution in [3.8, 4) is 11.5 Å². The maximum atomic E-state index is 12.9. The number of benzene rings is 2. The molecule has 2 aromatic carbocycles. The van der Waals surface area contributed by atoms with Crippen LogP contribution < -0.4 is 15.4 Å². The topological polar surface area (TPSA) is 59.6 Å². The van der Waals surface area contributed by atoms with E-state index in [2.05, 4.69) is 10.6 Å². The Morgan fingerprint density at radius 1 is 1.07 bits per heavy atom. The second kappa shape index (κ2) is 9.69. The van der Waals surface area contributed by atoms with E-state index in [0.717, 1.165) is 18.7 Å². The molecule has 0 atom stereocenters. The highest BCUT2D eigenvalue weighted by Crippen LogP contribution is 2.24. The standard InChI is InChI=1S/C20H23FN2O3.ClH/c1-25-20(10-12-22-13-11-20)19(24)23-14-15-2-6-17(7-3-15)26-18-8-4-16(21)5-9-18;/h2-9,22H,10-14H2,1H3,(H,23,24);1H. The van der Waals surface area contributed by atoms with E-state index in [-0.39, 0.29) is 24.1 Å². The lowest BCUT2D eigenvalue weighted by atomic mass is 9.91. The maximum absolute atomic E-state index is 12.9. The summed E-state index contributed by atoms with van der Waals surface area (Å²) in [6.45, 7) is 1.97. The Balaban J connectivity index is 0.00000261. The highest BCUT2D eigenvalue weighted by molar-refractivity contribution is 5.85. The van der Waals surface area contributed by atoms with Crippen LogP contribution in [0.4, 0.5) is 4.39 Å². The van der Waals surface area contributed by atoms with Crippen molar-refractivity contribution in [1.29, 1.82) is 0 Å². The van der Waals surface area contributed by atoms with Crippen LogP contribution >= 0.6 is 12.4 Å². The quantitative estimate of drug-likeness (QED) is 0.788. The van der Waals surface area contributed by atoms with Gasteiger partial charge in [-0.25, -0.2) is 4.39 Å². The molecule has 0 saturated carbocycles. The molecule has 2 N–H and O–H groups in total. The molecule has 1 aliphatic rings. The second-order valence-corrected chi connectivity index (χ2v) is 6.33. The average Bonchev–Trinajstić information content (AvgIpc) is 2.69. The number of carbonyl (C=O) groups excluding carboxylic acids is 1. The summed E-state index contributed by atoms with van der Waals surface area (Å²) in [6.07, 6.45) is 1.33. The Kier molecular flexibility index (Phi) is 7.59. The Hall–Kier alpha value is -2.15. The monoisotopic (exact) mass is 394 g/mol. The van der Waals surface area contributed by atoms with Gasteiger partial charge in [-0.2, -0.15) is 0 Å². The summed E-state index contributed by atoms with van der Waals surface area (Å²) >= 11 is 0. The van der Waals surface area contributed by atoms with Crippen molar-refractivity contribution >= 4 is 18.3 Å². The van der Waals surface area contributed by atoms with E-state index in [1.54, 1.807) is 19.2 Å². The van der Waals surface area contributed by atoms with Crippen molar-refractivity contribution in [2.45, 2.75) is 25.0 Å². The number of piperidine rings is 1. The molecule has 5 nitrogen and oxygen atoms in total. The van der Waals surface area contributed by atoms with Crippen LogP contribution in [0.15, 0.2) is 48.5 Å². The first-order chi connectivity index (χ1) is 12.6. The first-order valence-electron chi connectivity index (χ1n) is 8.68. The zero-order valence-electron chi connectivity index (χ0n) is 15.2. The van der Waals surface area contributed by atoms with Gasteiger partial charge in [0.1, 0.15) is 22.9 Å². The molecule has 146 valence electrons. The van der Waals surface area contributed by atoms with Crippen molar-refractivity contribution in [3.63, 3.8) is 0 Å². The van der Waals surface area contributed by atoms with Gasteiger partial charge < -0.3 is 20.1 Å². The molecular weight excluding hydrogens is 371 g/mol. The Labute approximate surface area is 164 Å². The molecule has 0 aromatic heterocycles. The number of hydrogen-bond donors (Lipinski definition) is 2. The highest BCUT2D eigenvalue weighted by atomic mass is 35.5. The van der Waals surface area contributed by atoms with Crippen molar-refractivity contribution < 1.29 is 18.7 Å². The minimum atomic E-state index is -0.739. The molecule has 27 heavy (non-hydrogen) atoms. The molecule has 3 rings (SSSR count). The lowest BCUT2D eigenvalue weighted by Gasteiger charge is -2.34. The van der Waals surface area contributed by atoms with Crippen molar-refractivity contribution in [3.05, 3.63) is 59.9 Å². The third-order valence-corrected chi connectivity index (χ3v) is 4.64. The van der Waals surface area contributed by atoms with E-state index in [4.69, 9.17) is 9.47 Å². The van der Waals surface area contributed by atoms with E-state index in [0.29, 0.717) is 30.9 Å². The molecule has 1 heterocycles. The predicted octanol–water partition coefficient (Wildman–Crippen LogP) is 3.42. The Morgan fingerprint density at radius 3 is 2.19 bits per heavy atom. The second-order valence-electron chi connectivity index (χ2n) is 6.33. The van der Waals surface area contributed by atoms with Gasteiger partial charge in [-0.05, 0) is 67.9 Å². The third-order valence-electron chi connectivity index (χ3n) is 4.64. The number of hydrogen-bond acceptors (Lipinski definition) is 4. The predicted molar refractivity (Wildman–Crippen MR) is 104 cm³/mol. The molecule has 0 radical (unpaired) electrons. The molecule has 0 unspecified atom stereocenters. The summed E-state index contributed by atoms with van der Waals surface area (Å²) in [5.74, 6) is 0.845. The van der Waals surface area contributed by atoms with Gasteiger partial charge >= 0.3 is 0 Å². The average molecular weight is 395 g/mol. The maximum Gasteiger partial charge on any atom is 0.252 e. The smallest absolute Gasteiger partial charge is 0.252 e. The number of ether oxygens (including phenoxy) is 2. The zero-order valence-corrected chi connectivity index (χ0v) is 16.0. The normalized spacial score (nSPS) is 15.5. The number of halogens is 2. The minimum absolute atomic E-state index is 0. The fraction of sp³-hybridized carbons (Fsp3) is 0.350. The molecular formula is C20H24ClFN2O3. The third kappa shape index (κ3) is 5.42. The van der Waals surface area contributed by atoms with Gasteiger partial charge in [0.2, 0.25) is 0 Å². The lowest BCUT2D eigenvalue weighted by Crippen LogP contribution is -2.53. The lowest BCUT2D eigenvalue weighted by molar-refractivity contribution is -0.146. The molecule has 0 bridgehead atoms. The van der Waals surface area contributed by atoms with Crippen LogP contribution in [0.1, 0.15) is 18.4 Å². The van der Waals surface area contributed by atoms with E-state index in [1.165, 1.54) is 12.1 Å². The van der Waals surface area contributed by atoms with Crippen LogP contribution in [0.25, 0.3) is 0 Å². The summed E-state index contributed by atoms with van der Waals surface area (Å²) in [5.41, 5.74) is 0.224. The molecule has 1 fully saturated rings. The van der Waals surface area contributed by atoms with Crippen molar-refractivity contribution in [1.82, 2.24) is 10.6 Å². The first kappa shape index (κ1) is 21.2. The summed E-state index contributed by atoms with van der Waals surface area (Å²) < 4.78 is 24.1. The zero-order chi connectivity index (χ0) is 18.4. The summed E-state index contributed by atoms with van der Waals surface area (Å²) in [5, 5.41) is 6.20. The summed E-state index contributed by atoms with van der Waals surface area (Å²) in [7, 11) is 1.59. The number of amides is 1. The number of nitrogens with one attached hydrogen (secondary N) is 2. The molecule has 1 aliphatic heterocycles. The van der Waals surface area contributed by atoms with E-state index < -0.39 is 5.60 Å². The molecule has 1 saturated heterocycles. The van der Waals surface area contributed by atoms with Crippen molar-refractivity contribution in [2.24, 2.45) is 0 Å². The van der Waals surface area contributed by atoms with Gasteiger partial charge in [-0.3, -0.25) is 4.79 Å². The van der Waals surface area contributed by atoms with Gasteiger partial charge in [0, 0.05) is 13.7 Å². The molecule has 1 amide bonds. The van der Waals surface area contributed by atoms with Gasteiger partial charge in [0.15, 0.2) is 0 Å². The molecule has 0 aliphatic carbocycles. The number of carbonyl (C=O) groups is 1. The SMILES string of the molecule is COC1(C(=O)NCc2ccc(Oc3ccc(F)cc3)cc2)CCNCC1.Cl. The van der Waals surface area contributed by atoms with Crippen LogP contribution in [-0.2, 0) is 16.1 Å². The van der Waals surface area contributed by atoms with Crippen LogP contribution in [0.5, 0.6) is 11.5 Å². The minimum Gasteiger partial charge on any atom is -0.457 e. The molecule has 0 spiro atoms. The molecule has 7 heteroatoms. The van der Waals surface area contributed by atoms with E-state index in [1.807, 2.05) is 24.3 Å². The number of rotatable bonds is 6. The summed E-state index contributed by atoms with van der Waals surface area (Å²) in [6, 6.07) is 13.3. The Morgan fingerprint density at radius 2 is 1.63 bits per heavy atom. The van der Waals surface area contributed by atoms with Gasteiger partial charge in [0.25, 0.3) is 5.91 Å².